The van der Waals surface area contributed by atoms with Crippen molar-refractivity contribution in [1.82, 2.24) is 0 Å². The number of hydrogen-bond donors (Lipinski definition) is 2. The summed E-state index contributed by atoms with van der Waals surface area (Å²) in [5.74, 6) is -3.37. The van der Waals surface area contributed by atoms with Crippen molar-refractivity contribution in [2.24, 2.45) is 5.92 Å². The summed E-state index contributed by atoms with van der Waals surface area (Å²) in [5.41, 5.74) is 1.44. The number of rotatable bonds is 7. The lowest BCUT2D eigenvalue weighted by Crippen LogP contribution is -2.48. The molecular weight excluding hydrogens is 374 g/mol. The maximum atomic E-state index is 11.8. The second kappa shape index (κ2) is 7.97. The third-order valence-electron chi connectivity index (χ3n) is 3.90. The van der Waals surface area contributed by atoms with Crippen molar-refractivity contribution in [3.05, 3.63) is 64.6 Å². The molecule has 2 N–H and O–H groups in total. The van der Waals surface area contributed by atoms with Crippen LogP contribution in [-0.2, 0) is 16.0 Å². The number of nitrogens with zero attached hydrogens (tertiary/aromatic N) is 1. The van der Waals surface area contributed by atoms with Gasteiger partial charge in [0, 0.05) is 17.2 Å². The fourth-order valence-corrected chi connectivity index (χ4v) is 2.90. The zero-order chi connectivity index (χ0) is 17.7. The molecule has 0 spiro atoms. The quantitative estimate of drug-likeness (QED) is 0.756. The lowest BCUT2D eigenvalue weighted by atomic mass is 9.91. The number of carboxylic acid groups (broad SMARTS) is 2. The SMILES string of the molecule is CN(c1ccccc1)C(C(=O)O)C(Cc1ccc(Br)cc1)C(=O)O. The van der Waals surface area contributed by atoms with E-state index in [1.54, 1.807) is 43.4 Å². The molecule has 0 radical (unpaired) electrons. The van der Waals surface area contributed by atoms with Crippen LogP contribution in [0.25, 0.3) is 0 Å². The summed E-state index contributed by atoms with van der Waals surface area (Å²) in [5, 5.41) is 19.2. The number of halogens is 1. The van der Waals surface area contributed by atoms with E-state index in [9.17, 15) is 19.8 Å². The van der Waals surface area contributed by atoms with Gasteiger partial charge in [0.1, 0.15) is 6.04 Å². The Balaban J connectivity index is 2.32. The Morgan fingerprint density at radius 2 is 1.58 bits per heavy atom. The van der Waals surface area contributed by atoms with Gasteiger partial charge >= 0.3 is 11.9 Å². The van der Waals surface area contributed by atoms with Crippen LogP contribution in [0.2, 0.25) is 0 Å². The van der Waals surface area contributed by atoms with Crippen LogP contribution in [0, 0.1) is 5.92 Å². The summed E-state index contributed by atoms with van der Waals surface area (Å²) in [6.45, 7) is 0. The van der Waals surface area contributed by atoms with Gasteiger partial charge in [-0.25, -0.2) is 4.79 Å². The number of likely N-dealkylation sites (N-methyl/N-ethyl adjacent to an activating group) is 1. The first kappa shape index (κ1) is 18.0. The Morgan fingerprint density at radius 1 is 1.00 bits per heavy atom. The highest BCUT2D eigenvalue weighted by atomic mass is 79.9. The predicted molar refractivity (Wildman–Crippen MR) is 95.2 cm³/mol. The summed E-state index contributed by atoms with van der Waals surface area (Å²) in [6.07, 6.45) is 0.136. The molecule has 126 valence electrons. The van der Waals surface area contributed by atoms with Crippen LogP contribution in [0.4, 0.5) is 5.69 Å². The van der Waals surface area contributed by atoms with Crippen molar-refractivity contribution < 1.29 is 19.8 Å². The molecule has 5 nitrogen and oxygen atoms in total. The maximum Gasteiger partial charge on any atom is 0.327 e. The van der Waals surface area contributed by atoms with Gasteiger partial charge in [-0.15, -0.1) is 0 Å². The molecule has 2 aromatic carbocycles. The molecule has 24 heavy (non-hydrogen) atoms. The summed E-state index contributed by atoms with van der Waals surface area (Å²) >= 11 is 3.33. The van der Waals surface area contributed by atoms with Gasteiger partial charge in [-0.05, 0) is 36.2 Å². The van der Waals surface area contributed by atoms with Crippen LogP contribution >= 0.6 is 15.9 Å². The smallest absolute Gasteiger partial charge is 0.327 e. The predicted octanol–water partition coefficient (Wildman–Crippen LogP) is 3.28. The maximum absolute atomic E-state index is 11.8. The first-order valence-corrected chi connectivity index (χ1v) is 8.17. The van der Waals surface area contributed by atoms with Gasteiger partial charge in [0.2, 0.25) is 0 Å². The van der Waals surface area contributed by atoms with Gasteiger partial charge in [0.05, 0.1) is 5.92 Å². The van der Waals surface area contributed by atoms with Crippen molar-refractivity contribution in [3.63, 3.8) is 0 Å². The molecule has 2 rings (SSSR count). The van der Waals surface area contributed by atoms with Crippen molar-refractivity contribution >= 4 is 33.6 Å². The van der Waals surface area contributed by atoms with E-state index in [2.05, 4.69) is 15.9 Å². The number of carbonyl (C=O) groups is 2. The monoisotopic (exact) mass is 391 g/mol. The molecule has 0 aromatic heterocycles. The molecule has 0 bridgehead atoms. The first-order valence-electron chi connectivity index (χ1n) is 7.38. The lowest BCUT2D eigenvalue weighted by Gasteiger charge is -2.31. The van der Waals surface area contributed by atoms with Gasteiger partial charge in [0.25, 0.3) is 0 Å². The number of benzene rings is 2. The topological polar surface area (TPSA) is 77.8 Å². The number of aliphatic carboxylic acids is 2. The molecule has 2 unspecified atom stereocenters. The highest BCUT2D eigenvalue weighted by Crippen LogP contribution is 2.23. The average Bonchev–Trinajstić information content (AvgIpc) is 2.56. The van der Waals surface area contributed by atoms with Gasteiger partial charge in [-0.2, -0.15) is 0 Å². The van der Waals surface area contributed by atoms with E-state index >= 15 is 0 Å². The Hall–Kier alpha value is -2.34. The van der Waals surface area contributed by atoms with E-state index in [1.807, 2.05) is 18.2 Å². The lowest BCUT2D eigenvalue weighted by molar-refractivity contribution is -0.149. The number of anilines is 1. The third-order valence-corrected chi connectivity index (χ3v) is 4.43. The minimum Gasteiger partial charge on any atom is -0.481 e. The van der Waals surface area contributed by atoms with Crippen LogP contribution in [0.5, 0.6) is 0 Å². The van der Waals surface area contributed by atoms with Crippen LogP contribution in [0.3, 0.4) is 0 Å². The summed E-state index contributed by atoms with van der Waals surface area (Å²) in [4.78, 5) is 25.0. The van der Waals surface area contributed by atoms with Crippen molar-refractivity contribution in [3.8, 4) is 0 Å². The minimum atomic E-state index is -1.17. The normalized spacial score (nSPS) is 13.1. The highest BCUT2D eigenvalue weighted by molar-refractivity contribution is 9.10. The van der Waals surface area contributed by atoms with Crippen LogP contribution in [0.1, 0.15) is 5.56 Å². The van der Waals surface area contributed by atoms with E-state index in [0.717, 1.165) is 10.0 Å². The number of carboxylic acids is 2. The molecule has 0 aliphatic heterocycles. The van der Waals surface area contributed by atoms with Crippen LogP contribution in [0.15, 0.2) is 59.1 Å². The molecule has 2 aromatic rings. The van der Waals surface area contributed by atoms with Crippen molar-refractivity contribution in [2.75, 3.05) is 11.9 Å². The van der Waals surface area contributed by atoms with Crippen LogP contribution in [-0.4, -0.2) is 35.2 Å². The molecular formula is C18H18BrNO4. The first-order chi connectivity index (χ1) is 11.4. The Bertz CT molecular complexity index is 703. The van der Waals surface area contributed by atoms with Gasteiger partial charge in [0.15, 0.2) is 0 Å². The van der Waals surface area contributed by atoms with Crippen molar-refractivity contribution in [1.29, 1.82) is 0 Å². The summed E-state index contributed by atoms with van der Waals surface area (Å²) in [6, 6.07) is 14.9. The molecule has 0 saturated carbocycles. The number of hydrogen-bond acceptors (Lipinski definition) is 3. The fourth-order valence-electron chi connectivity index (χ4n) is 2.64. The molecule has 0 aliphatic carbocycles. The zero-order valence-electron chi connectivity index (χ0n) is 13.1. The van der Waals surface area contributed by atoms with Crippen molar-refractivity contribution in [2.45, 2.75) is 12.5 Å². The standard InChI is InChI=1S/C18H18BrNO4/c1-20(14-5-3-2-4-6-14)16(18(23)24)15(17(21)22)11-12-7-9-13(19)10-8-12/h2-10,15-16H,11H2,1H3,(H,21,22)(H,23,24). The fraction of sp³-hybridized carbons (Fsp3) is 0.222. The second-order valence-corrected chi connectivity index (χ2v) is 6.42. The third kappa shape index (κ3) is 4.35. The average molecular weight is 392 g/mol. The molecule has 0 fully saturated rings. The summed E-state index contributed by atoms with van der Waals surface area (Å²) < 4.78 is 0.884. The van der Waals surface area contributed by atoms with Gasteiger partial charge in [-0.3, -0.25) is 4.79 Å². The Morgan fingerprint density at radius 3 is 2.08 bits per heavy atom. The van der Waals surface area contributed by atoms with Gasteiger partial charge < -0.3 is 15.1 Å². The Kier molecular flexibility index (Phi) is 5.98. The number of para-hydroxylation sites is 1. The van der Waals surface area contributed by atoms with E-state index in [-0.39, 0.29) is 6.42 Å². The highest BCUT2D eigenvalue weighted by Gasteiger charge is 2.37. The molecule has 2 atom stereocenters. The molecule has 6 heteroatoms. The molecule has 0 heterocycles. The zero-order valence-corrected chi connectivity index (χ0v) is 14.7. The van der Waals surface area contributed by atoms with E-state index in [0.29, 0.717) is 5.69 Å². The Labute approximate surface area is 148 Å². The second-order valence-electron chi connectivity index (χ2n) is 5.50. The van der Waals surface area contributed by atoms with E-state index in [4.69, 9.17) is 0 Å². The molecule has 0 aliphatic rings. The largest absolute Gasteiger partial charge is 0.481 e. The van der Waals surface area contributed by atoms with Crippen LogP contribution < -0.4 is 4.90 Å². The van der Waals surface area contributed by atoms with E-state index < -0.39 is 23.9 Å². The molecule has 0 saturated heterocycles. The van der Waals surface area contributed by atoms with E-state index in [1.165, 1.54) is 4.90 Å². The van der Waals surface area contributed by atoms with Gasteiger partial charge in [-0.1, -0.05) is 46.3 Å². The summed E-state index contributed by atoms with van der Waals surface area (Å²) in [7, 11) is 1.60. The minimum absolute atomic E-state index is 0.136. The molecule has 0 amide bonds.